The molecule has 1 aliphatic carbocycles. The molecular weight excluding hydrogens is 162 g/mol. The van der Waals surface area contributed by atoms with Crippen molar-refractivity contribution in [1.29, 1.82) is 0 Å². The zero-order valence-corrected chi connectivity index (χ0v) is 7.49. The standard InChI is InChI=1S/C8H15NO.ClH/c10-6-7-5-8(7)1-3-9-4-2-8;/h7,9-10H,1-6H2;1H/t7-;/m1./s1. The van der Waals surface area contributed by atoms with E-state index in [1.165, 1.54) is 19.3 Å². The Morgan fingerprint density at radius 2 is 2.00 bits per heavy atom. The van der Waals surface area contributed by atoms with E-state index in [0.717, 1.165) is 13.1 Å². The van der Waals surface area contributed by atoms with E-state index in [1.54, 1.807) is 0 Å². The van der Waals surface area contributed by atoms with E-state index in [1.807, 2.05) is 0 Å². The van der Waals surface area contributed by atoms with E-state index in [0.29, 0.717) is 17.9 Å². The van der Waals surface area contributed by atoms with Crippen LogP contribution in [0.5, 0.6) is 0 Å². The second kappa shape index (κ2) is 3.30. The van der Waals surface area contributed by atoms with Crippen LogP contribution in [0.3, 0.4) is 0 Å². The summed E-state index contributed by atoms with van der Waals surface area (Å²) in [4.78, 5) is 0. The maximum Gasteiger partial charge on any atom is 0.0464 e. The van der Waals surface area contributed by atoms with Crippen LogP contribution in [0.4, 0.5) is 0 Å². The number of aliphatic hydroxyl groups excluding tert-OH is 1. The van der Waals surface area contributed by atoms with Gasteiger partial charge in [-0.2, -0.15) is 0 Å². The molecule has 0 aromatic carbocycles. The third-order valence-corrected chi connectivity index (χ3v) is 3.18. The molecule has 0 aromatic heterocycles. The first-order chi connectivity index (χ1) is 4.87. The van der Waals surface area contributed by atoms with Crippen molar-refractivity contribution >= 4 is 12.4 Å². The van der Waals surface area contributed by atoms with Crippen molar-refractivity contribution in [3.63, 3.8) is 0 Å². The fourth-order valence-corrected chi connectivity index (χ4v) is 2.23. The highest BCUT2D eigenvalue weighted by Gasteiger charge is 2.52. The monoisotopic (exact) mass is 177 g/mol. The van der Waals surface area contributed by atoms with E-state index in [-0.39, 0.29) is 12.4 Å². The topological polar surface area (TPSA) is 32.3 Å². The van der Waals surface area contributed by atoms with Gasteiger partial charge in [0.25, 0.3) is 0 Å². The third kappa shape index (κ3) is 1.53. The van der Waals surface area contributed by atoms with Crippen LogP contribution >= 0.6 is 12.4 Å². The summed E-state index contributed by atoms with van der Waals surface area (Å²) in [6.07, 6.45) is 3.86. The fourth-order valence-electron chi connectivity index (χ4n) is 2.23. The molecule has 2 rings (SSSR count). The predicted molar refractivity (Wildman–Crippen MR) is 47.0 cm³/mol. The lowest BCUT2D eigenvalue weighted by Crippen LogP contribution is -2.30. The van der Waals surface area contributed by atoms with Gasteiger partial charge in [-0.15, -0.1) is 12.4 Å². The van der Waals surface area contributed by atoms with Crippen LogP contribution < -0.4 is 5.32 Å². The molecule has 1 saturated heterocycles. The van der Waals surface area contributed by atoms with Gasteiger partial charge in [0.15, 0.2) is 0 Å². The van der Waals surface area contributed by atoms with Gasteiger partial charge in [-0.05, 0) is 43.7 Å². The Labute approximate surface area is 73.8 Å². The Kier molecular flexibility index (Phi) is 2.79. The Bertz CT molecular complexity index is 134. The molecule has 66 valence electrons. The number of aliphatic hydroxyl groups is 1. The Morgan fingerprint density at radius 1 is 1.36 bits per heavy atom. The molecule has 0 bridgehead atoms. The van der Waals surface area contributed by atoms with Crippen LogP contribution in [0.2, 0.25) is 0 Å². The highest BCUT2D eigenvalue weighted by atomic mass is 35.5. The minimum absolute atomic E-state index is 0. The molecule has 2 fully saturated rings. The van der Waals surface area contributed by atoms with Crippen molar-refractivity contribution in [2.45, 2.75) is 19.3 Å². The van der Waals surface area contributed by atoms with E-state index < -0.39 is 0 Å². The summed E-state index contributed by atoms with van der Waals surface area (Å²) in [5.41, 5.74) is 0.583. The highest BCUT2D eigenvalue weighted by Crippen LogP contribution is 2.57. The second-order valence-electron chi connectivity index (χ2n) is 3.70. The molecule has 0 aromatic rings. The summed E-state index contributed by atoms with van der Waals surface area (Å²) in [5.74, 6) is 0.648. The summed E-state index contributed by atoms with van der Waals surface area (Å²) >= 11 is 0. The quantitative estimate of drug-likeness (QED) is 0.621. The maximum atomic E-state index is 8.90. The minimum atomic E-state index is 0. The van der Waals surface area contributed by atoms with Crippen molar-refractivity contribution in [2.75, 3.05) is 19.7 Å². The van der Waals surface area contributed by atoms with Crippen LogP contribution in [0, 0.1) is 11.3 Å². The molecule has 1 spiro atoms. The van der Waals surface area contributed by atoms with Gasteiger partial charge >= 0.3 is 0 Å². The van der Waals surface area contributed by atoms with Gasteiger partial charge in [-0.3, -0.25) is 0 Å². The first-order valence-electron chi connectivity index (χ1n) is 4.19. The van der Waals surface area contributed by atoms with E-state index in [4.69, 9.17) is 5.11 Å². The first-order valence-corrected chi connectivity index (χ1v) is 4.19. The van der Waals surface area contributed by atoms with E-state index in [9.17, 15) is 0 Å². The number of hydrogen-bond acceptors (Lipinski definition) is 2. The van der Waals surface area contributed by atoms with Gasteiger partial charge < -0.3 is 10.4 Å². The number of hydrogen-bond donors (Lipinski definition) is 2. The SMILES string of the molecule is Cl.OC[C@H]1CC12CCNCC2. The van der Waals surface area contributed by atoms with Crippen LogP contribution in [0.25, 0.3) is 0 Å². The summed E-state index contributed by atoms with van der Waals surface area (Å²) in [5, 5.41) is 12.2. The lowest BCUT2D eigenvalue weighted by atomic mass is 9.92. The lowest BCUT2D eigenvalue weighted by Gasteiger charge is -2.22. The highest BCUT2D eigenvalue weighted by molar-refractivity contribution is 5.85. The van der Waals surface area contributed by atoms with Crippen molar-refractivity contribution in [2.24, 2.45) is 11.3 Å². The van der Waals surface area contributed by atoms with Gasteiger partial charge in [0, 0.05) is 6.61 Å². The fraction of sp³-hybridized carbons (Fsp3) is 1.00. The Morgan fingerprint density at radius 3 is 2.45 bits per heavy atom. The van der Waals surface area contributed by atoms with Gasteiger partial charge in [0.05, 0.1) is 0 Å². The maximum absolute atomic E-state index is 8.90. The molecule has 2 aliphatic rings. The zero-order chi connectivity index (χ0) is 7.03. The molecule has 1 aliphatic heterocycles. The van der Waals surface area contributed by atoms with Crippen molar-refractivity contribution in [3.05, 3.63) is 0 Å². The third-order valence-electron chi connectivity index (χ3n) is 3.18. The Balaban J connectivity index is 0.000000605. The molecule has 2 N–H and O–H groups in total. The minimum Gasteiger partial charge on any atom is -0.396 e. The largest absolute Gasteiger partial charge is 0.396 e. The summed E-state index contributed by atoms with van der Waals surface area (Å²) in [6.45, 7) is 2.74. The molecule has 0 unspecified atom stereocenters. The molecule has 0 radical (unpaired) electrons. The summed E-state index contributed by atoms with van der Waals surface area (Å²) in [6, 6.07) is 0. The smallest absolute Gasteiger partial charge is 0.0464 e. The molecule has 1 atom stereocenters. The Hall–Kier alpha value is 0.210. The predicted octanol–water partition coefficient (Wildman–Crippen LogP) is 0.790. The molecule has 1 saturated carbocycles. The molecule has 3 heteroatoms. The van der Waals surface area contributed by atoms with Gasteiger partial charge in [0.2, 0.25) is 0 Å². The van der Waals surface area contributed by atoms with E-state index >= 15 is 0 Å². The average molecular weight is 178 g/mol. The molecule has 11 heavy (non-hydrogen) atoms. The van der Waals surface area contributed by atoms with Gasteiger partial charge in [-0.25, -0.2) is 0 Å². The molecular formula is C8H16ClNO. The zero-order valence-electron chi connectivity index (χ0n) is 6.68. The van der Waals surface area contributed by atoms with Crippen LogP contribution in [0.15, 0.2) is 0 Å². The van der Waals surface area contributed by atoms with E-state index in [2.05, 4.69) is 5.32 Å². The summed E-state index contributed by atoms with van der Waals surface area (Å²) < 4.78 is 0. The van der Waals surface area contributed by atoms with Crippen molar-refractivity contribution in [1.82, 2.24) is 5.32 Å². The molecule has 2 nitrogen and oxygen atoms in total. The van der Waals surface area contributed by atoms with Gasteiger partial charge in [-0.1, -0.05) is 0 Å². The normalized spacial score (nSPS) is 33.0. The van der Waals surface area contributed by atoms with Crippen LogP contribution in [-0.2, 0) is 0 Å². The number of piperidine rings is 1. The van der Waals surface area contributed by atoms with Crippen LogP contribution in [0.1, 0.15) is 19.3 Å². The first kappa shape index (κ1) is 9.30. The average Bonchev–Trinajstić information content (AvgIpc) is 2.65. The van der Waals surface area contributed by atoms with Crippen LogP contribution in [-0.4, -0.2) is 24.8 Å². The summed E-state index contributed by atoms with van der Waals surface area (Å²) in [7, 11) is 0. The van der Waals surface area contributed by atoms with Crippen molar-refractivity contribution in [3.8, 4) is 0 Å². The number of halogens is 1. The number of rotatable bonds is 1. The molecule has 0 amide bonds. The van der Waals surface area contributed by atoms with Crippen molar-refractivity contribution < 1.29 is 5.11 Å². The van der Waals surface area contributed by atoms with Gasteiger partial charge in [0.1, 0.15) is 0 Å². The molecule has 1 heterocycles. The lowest BCUT2D eigenvalue weighted by molar-refractivity contribution is 0.227. The second-order valence-corrected chi connectivity index (χ2v) is 3.70. The number of nitrogens with one attached hydrogen (secondary N) is 1.